The van der Waals surface area contributed by atoms with E-state index in [1.54, 1.807) is 37.3 Å². The first-order chi connectivity index (χ1) is 16.5. The molecule has 9 nitrogen and oxygen atoms in total. The van der Waals surface area contributed by atoms with E-state index in [-0.39, 0.29) is 23.5 Å². The Morgan fingerprint density at radius 2 is 2.03 bits per heavy atom. The molecule has 176 valence electrons. The Bertz CT molecular complexity index is 1370. The van der Waals surface area contributed by atoms with Crippen molar-refractivity contribution in [3.63, 3.8) is 0 Å². The number of nitrogens with one attached hydrogen (secondary N) is 3. The molecule has 3 heterocycles. The van der Waals surface area contributed by atoms with Gasteiger partial charge in [0.1, 0.15) is 5.82 Å². The van der Waals surface area contributed by atoms with Crippen LogP contribution in [0.3, 0.4) is 0 Å². The molecule has 1 aliphatic heterocycles. The molecule has 2 aromatic heterocycles. The number of halogens is 1. The van der Waals surface area contributed by atoms with E-state index in [2.05, 4.69) is 25.5 Å². The minimum atomic E-state index is -0.477. The lowest BCUT2D eigenvalue weighted by molar-refractivity contribution is -0.115. The predicted octanol–water partition coefficient (Wildman–Crippen LogP) is 3.55. The highest BCUT2D eigenvalue weighted by Gasteiger charge is 2.25. The second kappa shape index (κ2) is 9.43. The molecule has 0 unspecified atom stereocenters. The van der Waals surface area contributed by atoms with Crippen molar-refractivity contribution in [3.8, 4) is 11.4 Å². The quantitative estimate of drug-likeness (QED) is 0.347. The van der Waals surface area contributed by atoms with E-state index in [0.29, 0.717) is 34.2 Å². The van der Waals surface area contributed by atoms with Crippen LogP contribution in [0.2, 0.25) is 0 Å². The molecule has 0 spiro atoms. The Kier molecular flexibility index (Phi) is 6.20. The van der Waals surface area contributed by atoms with Crippen molar-refractivity contribution in [3.05, 3.63) is 58.8 Å². The Morgan fingerprint density at radius 1 is 1.24 bits per heavy atom. The van der Waals surface area contributed by atoms with Crippen LogP contribution in [0.4, 0.5) is 10.1 Å². The number of anilines is 1. The summed E-state index contributed by atoms with van der Waals surface area (Å²) in [6.45, 7) is 3.06. The molecule has 2 aromatic carbocycles. The maximum absolute atomic E-state index is 13.4. The first-order valence-electron chi connectivity index (χ1n) is 11.0. The summed E-state index contributed by atoms with van der Waals surface area (Å²) in [5.74, 6) is 0.0699. The van der Waals surface area contributed by atoms with Crippen LogP contribution < -0.4 is 11.0 Å². The monoisotopic (exact) mass is 482 g/mol. The summed E-state index contributed by atoms with van der Waals surface area (Å²) in [5.41, 5.74) is 2.30. The molecule has 0 saturated carbocycles. The Morgan fingerprint density at radius 3 is 2.79 bits per heavy atom. The van der Waals surface area contributed by atoms with Gasteiger partial charge in [0, 0.05) is 17.9 Å². The van der Waals surface area contributed by atoms with Gasteiger partial charge in [0.15, 0.2) is 11.0 Å². The van der Waals surface area contributed by atoms with Crippen LogP contribution in [-0.2, 0) is 16.1 Å². The number of amides is 1. The number of hydrogen-bond acceptors (Lipinski definition) is 6. The average molecular weight is 483 g/mol. The number of hydrogen-bond donors (Lipinski definition) is 3. The fourth-order valence-corrected chi connectivity index (χ4v) is 4.77. The highest BCUT2D eigenvalue weighted by molar-refractivity contribution is 8.00. The van der Waals surface area contributed by atoms with E-state index >= 15 is 0 Å². The topological polar surface area (TPSA) is 118 Å². The lowest BCUT2D eigenvalue weighted by Crippen LogP contribution is -2.23. The van der Waals surface area contributed by atoms with Crippen LogP contribution in [0.1, 0.15) is 19.8 Å². The molecule has 3 N–H and O–H groups in total. The zero-order valence-corrected chi connectivity index (χ0v) is 19.2. The molecule has 5 rings (SSSR count). The van der Waals surface area contributed by atoms with Gasteiger partial charge in [-0.15, -0.1) is 10.2 Å². The Labute approximate surface area is 198 Å². The third-order valence-corrected chi connectivity index (χ3v) is 6.74. The van der Waals surface area contributed by atoms with Crippen molar-refractivity contribution in [1.82, 2.24) is 24.7 Å². The van der Waals surface area contributed by atoms with Crippen LogP contribution in [0.15, 0.2) is 52.4 Å². The van der Waals surface area contributed by atoms with E-state index < -0.39 is 5.25 Å². The predicted molar refractivity (Wildman–Crippen MR) is 127 cm³/mol. The molecule has 0 aliphatic carbocycles. The van der Waals surface area contributed by atoms with Gasteiger partial charge in [-0.3, -0.25) is 9.36 Å². The number of H-pyrrole nitrogens is 2. The number of aromatic amines is 2. The normalized spacial score (nSPS) is 16.7. The molecule has 1 saturated heterocycles. The number of nitrogens with zero attached hydrogens (tertiary/aromatic N) is 3. The van der Waals surface area contributed by atoms with Crippen LogP contribution >= 0.6 is 11.8 Å². The molecule has 2 atom stereocenters. The van der Waals surface area contributed by atoms with Crippen molar-refractivity contribution in [2.75, 3.05) is 11.9 Å². The maximum atomic E-state index is 13.4. The number of benzene rings is 2. The Balaban J connectivity index is 1.35. The molecule has 4 aromatic rings. The maximum Gasteiger partial charge on any atom is 0.323 e. The van der Waals surface area contributed by atoms with Crippen LogP contribution in [0.5, 0.6) is 0 Å². The lowest BCUT2D eigenvalue weighted by atomic mass is 10.2. The Hall–Kier alpha value is -3.44. The summed E-state index contributed by atoms with van der Waals surface area (Å²) in [6.07, 6.45) is 1.97. The van der Waals surface area contributed by atoms with Gasteiger partial charge >= 0.3 is 5.69 Å². The second-order valence-corrected chi connectivity index (χ2v) is 9.46. The zero-order chi connectivity index (χ0) is 23.7. The zero-order valence-electron chi connectivity index (χ0n) is 18.4. The fourth-order valence-electron chi connectivity index (χ4n) is 3.91. The van der Waals surface area contributed by atoms with Crippen LogP contribution in [0.25, 0.3) is 22.4 Å². The first kappa shape index (κ1) is 22.4. The number of ether oxygens (including phenoxy) is 1. The van der Waals surface area contributed by atoms with Gasteiger partial charge < -0.3 is 20.0 Å². The van der Waals surface area contributed by atoms with E-state index in [0.717, 1.165) is 25.0 Å². The number of rotatable bonds is 7. The van der Waals surface area contributed by atoms with Gasteiger partial charge in [0.05, 0.1) is 28.9 Å². The van der Waals surface area contributed by atoms with Crippen molar-refractivity contribution in [1.29, 1.82) is 0 Å². The third-order valence-electron chi connectivity index (χ3n) is 5.66. The molecule has 34 heavy (non-hydrogen) atoms. The first-order valence-corrected chi connectivity index (χ1v) is 11.8. The summed E-state index contributed by atoms with van der Waals surface area (Å²) >= 11 is 1.29. The van der Waals surface area contributed by atoms with E-state index in [4.69, 9.17) is 4.74 Å². The van der Waals surface area contributed by atoms with Crippen molar-refractivity contribution in [2.24, 2.45) is 0 Å². The smallest absolute Gasteiger partial charge is 0.323 e. The standard InChI is InChI=1S/C23H23FN6O3S/c1-13(21(31)25-16-8-9-18-19(11-16)27-22(32)26-18)34-23-29-28-20(14-4-6-15(24)7-5-14)30(23)12-17-3-2-10-33-17/h4-9,11,13,17H,2-3,10,12H2,1H3,(H,25,31)(H2,26,27,32)/t13-,17+/m1/s1. The highest BCUT2D eigenvalue weighted by atomic mass is 32.2. The number of imidazole rings is 1. The highest BCUT2D eigenvalue weighted by Crippen LogP contribution is 2.29. The summed E-state index contributed by atoms with van der Waals surface area (Å²) in [5, 5.41) is 11.7. The number of aromatic nitrogens is 5. The van der Waals surface area contributed by atoms with Crippen molar-refractivity contribution < 1.29 is 13.9 Å². The molecular formula is C23H23FN6O3S. The summed E-state index contributed by atoms with van der Waals surface area (Å²) in [6, 6.07) is 11.3. The van der Waals surface area contributed by atoms with Crippen LogP contribution in [-0.4, -0.2) is 48.6 Å². The van der Waals surface area contributed by atoms with Gasteiger partial charge in [-0.25, -0.2) is 9.18 Å². The summed E-state index contributed by atoms with van der Waals surface area (Å²) in [7, 11) is 0. The number of fused-ring (bicyclic) bond motifs is 1. The van der Waals surface area contributed by atoms with Gasteiger partial charge in [0.2, 0.25) is 5.91 Å². The lowest BCUT2D eigenvalue weighted by Gasteiger charge is -2.16. The van der Waals surface area contributed by atoms with Gasteiger partial charge in [-0.05, 0) is 62.2 Å². The van der Waals surface area contributed by atoms with Crippen molar-refractivity contribution >= 4 is 34.4 Å². The second-order valence-electron chi connectivity index (χ2n) is 8.15. The van der Waals surface area contributed by atoms with Crippen molar-refractivity contribution in [2.45, 2.75) is 42.8 Å². The minimum Gasteiger partial charge on any atom is -0.376 e. The molecule has 1 amide bonds. The average Bonchev–Trinajstić information content (AvgIpc) is 3.55. The van der Waals surface area contributed by atoms with E-state index in [9.17, 15) is 14.0 Å². The molecule has 1 aliphatic rings. The molecule has 1 fully saturated rings. The fraction of sp³-hybridized carbons (Fsp3) is 0.304. The molecule has 0 radical (unpaired) electrons. The number of carbonyl (C=O) groups excluding carboxylic acids is 1. The third kappa shape index (κ3) is 4.75. The molecular weight excluding hydrogens is 459 g/mol. The number of carbonyl (C=O) groups is 1. The number of thioether (sulfide) groups is 1. The van der Waals surface area contributed by atoms with E-state index in [1.807, 2.05) is 4.57 Å². The van der Waals surface area contributed by atoms with E-state index in [1.165, 1.54) is 23.9 Å². The SMILES string of the molecule is C[C@@H](Sc1nnc(-c2ccc(F)cc2)n1C[C@@H]1CCCO1)C(=O)Nc1ccc2[nH]c(=O)[nH]c2c1. The summed E-state index contributed by atoms with van der Waals surface area (Å²) in [4.78, 5) is 29.7. The molecule has 0 bridgehead atoms. The minimum absolute atomic E-state index is 0.0360. The van der Waals surface area contributed by atoms with Crippen LogP contribution in [0, 0.1) is 5.82 Å². The summed E-state index contributed by atoms with van der Waals surface area (Å²) < 4.78 is 21.2. The molecule has 11 heteroatoms. The van der Waals surface area contributed by atoms with Gasteiger partial charge in [0.25, 0.3) is 0 Å². The van der Waals surface area contributed by atoms with Gasteiger partial charge in [-0.2, -0.15) is 0 Å². The van der Waals surface area contributed by atoms with Gasteiger partial charge in [-0.1, -0.05) is 11.8 Å². The largest absolute Gasteiger partial charge is 0.376 e.